The summed E-state index contributed by atoms with van der Waals surface area (Å²) in [5.41, 5.74) is 1.75. The van der Waals surface area contributed by atoms with Gasteiger partial charge in [0.1, 0.15) is 17.8 Å². The van der Waals surface area contributed by atoms with Crippen LogP contribution in [0.1, 0.15) is 44.9 Å². The van der Waals surface area contributed by atoms with Gasteiger partial charge in [0.15, 0.2) is 0 Å². The number of rotatable bonds is 10. The molecule has 3 heterocycles. The van der Waals surface area contributed by atoms with Gasteiger partial charge in [0, 0.05) is 30.4 Å². The summed E-state index contributed by atoms with van der Waals surface area (Å²) in [4.78, 5) is 48.8. The Morgan fingerprint density at radius 1 is 0.976 bits per heavy atom. The first-order valence-corrected chi connectivity index (χ1v) is 14.0. The van der Waals surface area contributed by atoms with Gasteiger partial charge in [-0.1, -0.05) is 36.4 Å². The highest BCUT2D eigenvalue weighted by Crippen LogP contribution is 2.45. The molecule has 1 aliphatic carbocycles. The molecule has 0 unspecified atom stereocenters. The zero-order valence-electron chi connectivity index (χ0n) is 24.0. The average molecular weight is 566 g/mol. The Hall–Kier alpha value is -4.63. The molecule has 9 nitrogen and oxygen atoms in total. The maximum Gasteiger partial charge on any atom is 0.326 e. The highest BCUT2D eigenvalue weighted by molar-refractivity contribution is 5.95. The summed E-state index contributed by atoms with van der Waals surface area (Å²) in [6, 6.07) is 20.1. The fourth-order valence-corrected chi connectivity index (χ4v) is 4.92. The molecule has 2 N–H and O–H groups in total. The monoisotopic (exact) mass is 565 g/mol. The van der Waals surface area contributed by atoms with Gasteiger partial charge in [0.25, 0.3) is 5.56 Å². The molecule has 1 aromatic carbocycles. The Balaban J connectivity index is 1.47. The zero-order valence-corrected chi connectivity index (χ0v) is 24.0. The lowest BCUT2D eigenvalue weighted by Gasteiger charge is -2.25. The number of pyridine rings is 3. The number of hydrogen-bond acceptors (Lipinski definition) is 7. The molecule has 9 heteroatoms. The number of aromatic nitrogens is 3. The first-order chi connectivity index (χ1) is 20.1. The van der Waals surface area contributed by atoms with E-state index in [4.69, 9.17) is 4.74 Å². The van der Waals surface area contributed by atoms with Crippen molar-refractivity contribution in [1.82, 2.24) is 19.9 Å². The fourth-order valence-electron chi connectivity index (χ4n) is 4.92. The molecule has 0 saturated heterocycles. The van der Waals surface area contributed by atoms with Crippen molar-refractivity contribution >= 4 is 17.6 Å². The molecule has 1 saturated carbocycles. The van der Waals surface area contributed by atoms with Crippen molar-refractivity contribution in [2.75, 3.05) is 5.32 Å². The van der Waals surface area contributed by atoms with E-state index >= 15 is 0 Å². The van der Waals surface area contributed by atoms with E-state index in [1.165, 1.54) is 4.57 Å². The molecule has 216 valence electrons. The topological polar surface area (TPSA) is 115 Å². The summed E-state index contributed by atoms with van der Waals surface area (Å²) in [5.74, 6) is -0.905. The second-order valence-corrected chi connectivity index (χ2v) is 11.6. The molecule has 0 bridgehead atoms. The Bertz CT molecular complexity index is 1590. The van der Waals surface area contributed by atoms with Crippen LogP contribution in [-0.4, -0.2) is 38.1 Å². The van der Waals surface area contributed by atoms with Crippen molar-refractivity contribution < 1.29 is 14.3 Å². The van der Waals surface area contributed by atoms with Gasteiger partial charge in [-0.25, -0.2) is 0 Å². The van der Waals surface area contributed by atoms with Gasteiger partial charge in [-0.15, -0.1) is 0 Å². The van der Waals surface area contributed by atoms with Gasteiger partial charge in [-0.3, -0.25) is 29.7 Å². The van der Waals surface area contributed by atoms with E-state index in [2.05, 4.69) is 20.6 Å². The minimum absolute atomic E-state index is 0.0698. The molecule has 0 aliphatic heterocycles. The van der Waals surface area contributed by atoms with E-state index < -0.39 is 28.7 Å². The van der Waals surface area contributed by atoms with Crippen LogP contribution in [0.25, 0.3) is 11.1 Å². The molecular formula is C33H35N5O4. The van der Waals surface area contributed by atoms with Gasteiger partial charge in [-0.05, 0) is 81.5 Å². The van der Waals surface area contributed by atoms with E-state index in [1.807, 2.05) is 48.5 Å². The van der Waals surface area contributed by atoms with Gasteiger partial charge in [0.2, 0.25) is 5.91 Å². The van der Waals surface area contributed by atoms with Crippen LogP contribution in [0.3, 0.4) is 0 Å². The highest BCUT2D eigenvalue weighted by Gasteiger charge is 2.47. The molecule has 3 aromatic heterocycles. The first kappa shape index (κ1) is 28.9. The summed E-state index contributed by atoms with van der Waals surface area (Å²) >= 11 is 0. The van der Waals surface area contributed by atoms with E-state index in [0.29, 0.717) is 12.0 Å². The normalized spacial score (nSPS) is 14.5. The molecule has 0 radical (unpaired) electrons. The number of esters is 1. The van der Waals surface area contributed by atoms with Gasteiger partial charge in [-0.2, -0.15) is 0 Å². The van der Waals surface area contributed by atoms with E-state index in [0.717, 1.165) is 29.7 Å². The van der Waals surface area contributed by atoms with Crippen molar-refractivity contribution in [1.29, 1.82) is 0 Å². The molecule has 4 aromatic rings. The SMILES string of the molecule is CC(C)(C)OC(=O)Cn1cc(-c2ccncc2)cc(NC(=O)[C@H](Cc2ccccc2)NC2(c3ccccn3)CC2)c1=O. The quantitative estimate of drug-likeness (QED) is 0.273. The zero-order chi connectivity index (χ0) is 29.7. The van der Waals surface area contributed by atoms with Crippen molar-refractivity contribution in [2.24, 2.45) is 0 Å². The van der Waals surface area contributed by atoms with Crippen LogP contribution in [0.15, 0.2) is 96.3 Å². The third-order valence-corrected chi connectivity index (χ3v) is 7.03. The van der Waals surface area contributed by atoms with Crippen molar-refractivity contribution in [3.05, 3.63) is 113 Å². The van der Waals surface area contributed by atoms with Crippen molar-refractivity contribution in [3.63, 3.8) is 0 Å². The number of nitrogens with zero attached hydrogens (tertiary/aromatic N) is 3. The lowest BCUT2D eigenvalue weighted by atomic mass is 10.0. The lowest BCUT2D eigenvalue weighted by molar-refractivity contribution is -0.155. The standard InChI is InChI=1S/C33H35N5O4/c1-32(2,3)42-29(39)22-38-21-25(24-12-17-34-18-13-24)20-27(31(38)41)36-30(40)26(19-23-9-5-4-6-10-23)37-33(14-15-33)28-11-7-8-16-35-28/h4-13,16-18,20-21,26,37H,14-15,19,22H2,1-3H3,(H,36,40)/t26-/m0/s1. The summed E-state index contributed by atoms with van der Waals surface area (Å²) < 4.78 is 6.73. The van der Waals surface area contributed by atoms with Crippen LogP contribution in [0.2, 0.25) is 0 Å². The Labute approximate surface area is 245 Å². The van der Waals surface area contributed by atoms with Crippen molar-refractivity contribution in [2.45, 2.75) is 63.8 Å². The Kier molecular flexibility index (Phi) is 8.31. The average Bonchev–Trinajstić information content (AvgIpc) is 3.76. The first-order valence-electron chi connectivity index (χ1n) is 14.0. The molecule has 42 heavy (non-hydrogen) atoms. The van der Waals surface area contributed by atoms with Crippen LogP contribution in [0.5, 0.6) is 0 Å². The Morgan fingerprint density at radius 3 is 2.33 bits per heavy atom. The fraction of sp³-hybridized carbons (Fsp3) is 0.303. The number of anilines is 1. The van der Waals surface area contributed by atoms with E-state index in [1.54, 1.807) is 63.8 Å². The van der Waals surface area contributed by atoms with Crippen LogP contribution in [0.4, 0.5) is 5.69 Å². The van der Waals surface area contributed by atoms with Crippen LogP contribution in [-0.2, 0) is 32.8 Å². The van der Waals surface area contributed by atoms with Crippen LogP contribution >= 0.6 is 0 Å². The van der Waals surface area contributed by atoms with E-state index in [9.17, 15) is 14.4 Å². The number of ether oxygens (including phenoxy) is 1. The van der Waals surface area contributed by atoms with Gasteiger partial charge < -0.3 is 14.6 Å². The van der Waals surface area contributed by atoms with Crippen LogP contribution in [0, 0.1) is 0 Å². The van der Waals surface area contributed by atoms with Gasteiger partial charge in [0.05, 0.1) is 17.3 Å². The highest BCUT2D eigenvalue weighted by atomic mass is 16.6. The molecule has 0 spiro atoms. The lowest BCUT2D eigenvalue weighted by Crippen LogP contribution is -2.48. The summed E-state index contributed by atoms with van der Waals surface area (Å²) in [6.07, 6.45) is 8.74. The summed E-state index contributed by atoms with van der Waals surface area (Å²) in [5, 5.41) is 6.44. The number of hydrogen-bond donors (Lipinski definition) is 2. The minimum atomic E-state index is -0.705. The number of carbonyl (C=O) groups excluding carboxylic acids is 2. The largest absolute Gasteiger partial charge is 0.459 e. The Morgan fingerprint density at radius 2 is 1.69 bits per heavy atom. The molecular weight excluding hydrogens is 530 g/mol. The molecule has 1 aliphatic rings. The molecule has 1 fully saturated rings. The van der Waals surface area contributed by atoms with Crippen LogP contribution < -0.4 is 16.2 Å². The maximum absolute atomic E-state index is 13.9. The summed E-state index contributed by atoms with van der Waals surface area (Å²) in [6.45, 7) is 5.00. The van der Waals surface area contributed by atoms with Gasteiger partial charge >= 0.3 is 5.97 Å². The second-order valence-electron chi connectivity index (χ2n) is 11.6. The predicted octanol–water partition coefficient (Wildman–Crippen LogP) is 4.48. The number of nitrogens with one attached hydrogen (secondary N) is 2. The predicted molar refractivity (Wildman–Crippen MR) is 161 cm³/mol. The van der Waals surface area contributed by atoms with E-state index in [-0.39, 0.29) is 18.1 Å². The number of benzene rings is 1. The molecule has 1 atom stereocenters. The van der Waals surface area contributed by atoms with Crippen molar-refractivity contribution in [3.8, 4) is 11.1 Å². The second kappa shape index (κ2) is 12.1. The number of amides is 1. The minimum Gasteiger partial charge on any atom is -0.459 e. The smallest absolute Gasteiger partial charge is 0.326 e. The number of carbonyl (C=O) groups is 2. The molecule has 1 amide bonds. The third kappa shape index (κ3) is 7.16. The maximum atomic E-state index is 13.9. The summed E-state index contributed by atoms with van der Waals surface area (Å²) in [7, 11) is 0. The molecule has 5 rings (SSSR count). The third-order valence-electron chi connectivity index (χ3n) is 7.03.